The number of aliphatic imine (C=N–C) groups is 1. The molecule has 5 heteroatoms. The molecule has 0 atom stereocenters. The van der Waals surface area contributed by atoms with E-state index in [1.54, 1.807) is 24.9 Å². The predicted octanol–water partition coefficient (Wildman–Crippen LogP) is 3.36. The minimum Gasteiger partial charge on any atom is -0.359 e. The second-order valence-corrected chi connectivity index (χ2v) is 5.84. The molecule has 0 spiro atoms. The molecule has 0 radical (unpaired) electrons. The van der Waals surface area contributed by atoms with Crippen LogP contribution in [0.5, 0.6) is 0 Å². The molecule has 0 amide bonds. The molecule has 1 N–H and O–H groups in total. The van der Waals surface area contributed by atoms with Crippen LogP contribution < -0.4 is 5.32 Å². The van der Waals surface area contributed by atoms with Crippen molar-refractivity contribution >= 4 is 23.8 Å². The Labute approximate surface area is 120 Å². The maximum atomic E-state index is 11.7. The molecule has 1 aromatic heterocycles. The van der Waals surface area contributed by atoms with E-state index in [1.165, 1.54) is 6.92 Å². The van der Waals surface area contributed by atoms with Crippen LogP contribution in [-0.4, -0.2) is 28.6 Å². The topological polar surface area (TPSA) is 59.3 Å². The van der Waals surface area contributed by atoms with Crippen molar-refractivity contribution in [1.29, 1.82) is 0 Å². The fourth-order valence-electron chi connectivity index (χ4n) is 1.74. The van der Waals surface area contributed by atoms with E-state index >= 15 is 0 Å². The Balaban J connectivity index is 2.98. The van der Waals surface area contributed by atoms with Crippen LogP contribution in [0.25, 0.3) is 0 Å². The molecule has 0 saturated carbocycles. The number of allylic oxidation sites excluding steroid dienone is 1. The lowest BCUT2D eigenvalue weighted by Gasteiger charge is -2.20. The Kier molecular flexibility index (Phi) is 4.87. The highest BCUT2D eigenvalue weighted by Gasteiger charge is 2.17. The Morgan fingerprint density at radius 1 is 1.50 bits per heavy atom. The first kappa shape index (κ1) is 16.1. The summed E-state index contributed by atoms with van der Waals surface area (Å²) in [5, 5.41) is 2.94. The van der Waals surface area contributed by atoms with Crippen molar-refractivity contribution in [3.8, 4) is 0 Å². The molecule has 0 aliphatic heterocycles. The van der Waals surface area contributed by atoms with Crippen LogP contribution in [-0.2, 0) is 7.05 Å². The molecular weight excluding hydrogens is 252 g/mol. The van der Waals surface area contributed by atoms with E-state index in [-0.39, 0.29) is 11.2 Å². The summed E-state index contributed by atoms with van der Waals surface area (Å²) in [5.41, 5.74) is 1.65. The smallest absolute Gasteiger partial charge is 0.204 e. The van der Waals surface area contributed by atoms with Crippen LogP contribution in [0, 0.1) is 5.41 Å². The summed E-state index contributed by atoms with van der Waals surface area (Å²) in [5.74, 6) is 1.02. The van der Waals surface area contributed by atoms with Crippen LogP contribution in [0.4, 0.5) is 11.8 Å². The molecule has 20 heavy (non-hydrogen) atoms. The maximum absolute atomic E-state index is 11.7. The van der Waals surface area contributed by atoms with E-state index in [4.69, 9.17) is 0 Å². The number of rotatable bonds is 5. The van der Waals surface area contributed by atoms with Gasteiger partial charge in [-0.15, -0.1) is 0 Å². The van der Waals surface area contributed by atoms with Crippen molar-refractivity contribution in [3.05, 3.63) is 17.8 Å². The fourth-order valence-corrected chi connectivity index (χ4v) is 1.74. The minimum absolute atomic E-state index is 0.0513. The minimum atomic E-state index is -0.0525. The molecule has 0 fully saturated rings. The zero-order chi connectivity index (χ0) is 15.5. The van der Waals surface area contributed by atoms with Gasteiger partial charge in [0.2, 0.25) is 5.95 Å². The van der Waals surface area contributed by atoms with Crippen molar-refractivity contribution in [3.63, 3.8) is 0 Å². The molecule has 0 aliphatic rings. The Morgan fingerprint density at radius 3 is 2.55 bits per heavy atom. The first-order valence-electron chi connectivity index (χ1n) is 6.64. The molecule has 0 bridgehead atoms. The number of nitrogens with one attached hydrogen (secondary N) is 1. The van der Waals surface area contributed by atoms with Gasteiger partial charge in [-0.05, 0) is 5.41 Å². The molecule has 1 aromatic rings. The number of ketones is 1. The van der Waals surface area contributed by atoms with Crippen molar-refractivity contribution < 1.29 is 4.79 Å². The SMILES string of the molecule is C=C(C/C=N\c1nc(NC)n(C)c1C(C)=O)C(C)(C)C. The zero-order valence-electron chi connectivity index (χ0n) is 13.2. The van der Waals surface area contributed by atoms with Gasteiger partial charge in [0.05, 0.1) is 0 Å². The van der Waals surface area contributed by atoms with Crippen molar-refractivity contribution in [2.75, 3.05) is 12.4 Å². The summed E-state index contributed by atoms with van der Waals surface area (Å²) in [4.78, 5) is 20.3. The Hall–Kier alpha value is -1.91. The second-order valence-electron chi connectivity index (χ2n) is 5.84. The summed E-state index contributed by atoms with van der Waals surface area (Å²) in [6, 6.07) is 0. The van der Waals surface area contributed by atoms with E-state index in [0.717, 1.165) is 5.57 Å². The maximum Gasteiger partial charge on any atom is 0.204 e. The number of carbonyl (C=O) groups excluding carboxylic acids is 1. The van der Waals surface area contributed by atoms with Gasteiger partial charge in [-0.3, -0.25) is 4.79 Å². The second kappa shape index (κ2) is 6.03. The fraction of sp³-hybridized carbons (Fsp3) is 0.533. The van der Waals surface area contributed by atoms with Gasteiger partial charge >= 0.3 is 0 Å². The predicted molar refractivity (Wildman–Crippen MR) is 84.1 cm³/mol. The van der Waals surface area contributed by atoms with Crippen molar-refractivity contribution in [2.24, 2.45) is 17.5 Å². The molecule has 110 valence electrons. The highest BCUT2D eigenvalue weighted by atomic mass is 16.1. The number of anilines is 1. The number of nitrogens with zero attached hydrogens (tertiary/aromatic N) is 3. The van der Waals surface area contributed by atoms with Crippen LogP contribution in [0.3, 0.4) is 0 Å². The van der Waals surface area contributed by atoms with Gasteiger partial charge in [0.25, 0.3) is 0 Å². The standard InChI is InChI=1S/C15H24N4O/c1-10(15(3,4)5)8-9-17-13-12(11(2)20)19(7)14(16-6)18-13/h9H,1,8H2,2-7H3,(H,16,18)/b17-9-. The van der Waals surface area contributed by atoms with Gasteiger partial charge in [0, 0.05) is 33.7 Å². The van der Waals surface area contributed by atoms with Crippen molar-refractivity contribution in [1.82, 2.24) is 9.55 Å². The lowest BCUT2D eigenvalue weighted by atomic mass is 9.86. The normalized spacial score (nSPS) is 11.9. The van der Waals surface area contributed by atoms with E-state index in [0.29, 0.717) is 23.9 Å². The number of imidazole rings is 1. The lowest BCUT2D eigenvalue weighted by Crippen LogP contribution is -2.08. The molecule has 0 aromatic carbocycles. The highest BCUT2D eigenvalue weighted by molar-refractivity contribution is 5.97. The number of Topliss-reactive ketones (excluding diaryl/α,β-unsaturated/α-hetero) is 1. The number of hydrogen-bond acceptors (Lipinski definition) is 4. The van der Waals surface area contributed by atoms with Crippen LogP contribution in [0.2, 0.25) is 0 Å². The van der Waals surface area contributed by atoms with Crippen LogP contribution in [0.1, 0.15) is 44.6 Å². The summed E-state index contributed by atoms with van der Waals surface area (Å²) in [7, 11) is 3.56. The summed E-state index contributed by atoms with van der Waals surface area (Å²) in [6.45, 7) is 11.9. The summed E-state index contributed by atoms with van der Waals surface area (Å²) >= 11 is 0. The van der Waals surface area contributed by atoms with Gasteiger partial charge in [-0.25, -0.2) is 4.99 Å². The third-order valence-corrected chi connectivity index (χ3v) is 3.25. The van der Waals surface area contributed by atoms with Gasteiger partial charge in [-0.2, -0.15) is 4.98 Å². The highest BCUT2D eigenvalue weighted by Crippen LogP contribution is 2.26. The molecule has 1 rings (SSSR count). The summed E-state index contributed by atoms with van der Waals surface area (Å²) in [6.07, 6.45) is 2.44. The molecular formula is C15H24N4O. The van der Waals surface area contributed by atoms with Crippen LogP contribution >= 0.6 is 0 Å². The lowest BCUT2D eigenvalue weighted by molar-refractivity contribution is 0.101. The third kappa shape index (κ3) is 3.56. The first-order valence-corrected chi connectivity index (χ1v) is 6.64. The summed E-state index contributed by atoms with van der Waals surface area (Å²) < 4.78 is 1.72. The molecule has 0 aliphatic carbocycles. The quantitative estimate of drug-likeness (QED) is 0.509. The van der Waals surface area contributed by atoms with Gasteiger partial charge in [-0.1, -0.05) is 32.9 Å². The zero-order valence-corrected chi connectivity index (χ0v) is 13.2. The first-order chi connectivity index (χ1) is 9.18. The number of aromatic nitrogens is 2. The van der Waals surface area contributed by atoms with E-state index < -0.39 is 0 Å². The Morgan fingerprint density at radius 2 is 2.10 bits per heavy atom. The molecule has 0 saturated heterocycles. The van der Waals surface area contributed by atoms with E-state index in [9.17, 15) is 4.79 Å². The van der Waals surface area contributed by atoms with Gasteiger partial charge < -0.3 is 9.88 Å². The largest absolute Gasteiger partial charge is 0.359 e. The van der Waals surface area contributed by atoms with E-state index in [2.05, 4.69) is 42.6 Å². The molecule has 0 unspecified atom stereocenters. The Bertz CT molecular complexity index is 547. The molecule has 1 heterocycles. The van der Waals surface area contributed by atoms with E-state index in [1.807, 2.05) is 0 Å². The number of hydrogen-bond donors (Lipinski definition) is 1. The van der Waals surface area contributed by atoms with Crippen molar-refractivity contribution in [2.45, 2.75) is 34.1 Å². The molecule has 5 nitrogen and oxygen atoms in total. The van der Waals surface area contributed by atoms with Gasteiger partial charge in [0.1, 0.15) is 5.69 Å². The van der Waals surface area contributed by atoms with Crippen LogP contribution in [0.15, 0.2) is 17.1 Å². The third-order valence-electron chi connectivity index (χ3n) is 3.25. The average Bonchev–Trinajstić information content (AvgIpc) is 2.64. The average molecular weight is 276 g/mol. The number of carbonyl (C=O) groups is 1. The monoisotopic (exact) mass is 276 g/mol. The van der Waals surface area contributed by atoms with Gasteiger partial charge in [0.15, 0.2) is 11.6 Å².